The Labute approximate surface area is 68.5 Å². The number of rotatable bonds is 5. The Morgan fingerprint density at radius 3 is 2.55 bits per heavy atom. The molecule has 2 nitrogen and oxygen atoms in total. The van der Waals surface area contributed by atoms with E-state index in [4.69, 9.17) is 5.73 Å². The number of allylic oxidation sites excluding steroid dienone is 2. The summed E-state index contributed by atoms with van der Waals surface area (Å²) in [6, 6.07) is 0. The molecule has 0 aliphatic heterocycles. The number of nitrogens with two attached hydrogens (primary N) is 1. The lowest BCUT2D eigenvalue weighted by atomic mass is 10.0. The second kappa shape index (κ2) is 6.10. The molecule has 0 spiro atoms. The first-order chi connectivity index (χ1) is 5.26. The monoisotopic (exact) mass is 155 g/mol. The lowest BCUT2D eigenvalue weighted by Gasteiger charge is -2.01. The van der Waals surface area contributed by atoms with Gasteiger partial charge in [0.05, 0.1) is 0 Å². The van der Waals surface area contributed by atoms with Gasteiger partial charge < -0.3 is 5.73 Å². The molecule has 0 rings (SSSR count). The Balaban J connectivity index is 3.87. The molecule has 0 bridgehead atoms. The predicted octanol–water partition coefficient (Wildman–Crippen LogP) is 1.65. The van der Waals surface area contributed by atoms with Gasteiger partial charge in [0.2, 0.25) is 0 Å². The molecule has 2 N–H and O–H groups in total. The van der Waals surface area contributed by atoms with Crippen LogP contribution in [0.4, 0.5) is 0 Å². The Morgan fingerprint density at radius 1 is 1.55 bits per heavy atom. The van der Waals surface area contributed by atoms with Crippen molar-refractivity contribution >= 4 is 5.78 Å². The summed E-state index contributed by atoms with van der Waals surface area (Å²) in [7, 11) is 0. The van der Waals surface area contributed by atoms with Crippen LogP contribution in [-0.2, 0) is 4.79 Å². The van der Waals surface area contributed by atoms with Crippen molar-refractivity contribution in [2.75, 3.05) is 6.54 Å². The van der Waals surface area contributed by atoms with Crippen molar-refractivity contribution in [3.05, 3.63) is 11.6 Å². The summed E-state index contributed by atoms with van der Waals surface area (Å²) in [5.74, 6) is 0.251. The molecule has 11 heavy (non-hydrogen) atoms. The average molecular weight is 155 g/mol. The Bertz CT molecular complexity index is 150. The minimum absolute atomic E-state index is 0.251. The van der Waals surface area contributed by atoms with Crippen LogP contribution in [0.5, 0.6) is 0 Å². The van der Waals surface area contributed by atoms with Crippen LogP contribution in [0.3, 0.4) is 0 Å². The third-order valence-corrected chi connectivity index (χ3v) is 1.68. The predicted molar refractivity (Wildman–Crippen MR) is 47.3 cm³/mol. The average Bonchev–Trinajstić information content (AvgIpc) is 2.05. The Kier molecular flexibility index (Phi) is 5.75. The van der Waals surface area contributed by atoms with Gasteiger partial charge in [0.25, 0.3) is 0 Å². The SMILES string of the molecule is C/C=C(\CCCN)C(=O)CC. The standard InChI is InChI=1S/C9H17NO/c1-3-8(6-5-7-10)9(11)4-2/h3H,4-7,10H2,1-2H3/b8-3+. The third kappa shape index (κ3) is 3.94. The minimum Gasteiger partial charge on any atom is -0.330 e. The van der Waals surface area contributed by atoms with E-state index in [1.807, 2.05) is 19.9 Å². The molecule has 0 atom stereocenters. The summed E-state index contributed by atoms with van der Waals surface area (Å²) < 4.78 is 0. The fraction of sp³-hybridized carbons (Fsp3) is 0.667. The molecule has 0 aliphatic carbocycles. The summed E-state index contributed by atoms with van der Waals surface area (Å²) >= 11 is 0. The van der Waals surface area contributed by atoms with Gasteiger partial charge in [0.15, 0.2) is 5.78 Å². The molecular weight excluding hydrogens is 138 g/mol. The van der Waals surface area contributed by atoms with Crippen molar-refractivity contribution in [2.24, 2.45) is 5.73 Å². The second-order valence-electron chi connectivity index (χ2n) is 2.48. The first-order valence-electron chi connectivity index (χ1n) is 4.14. The second-order valence-corrected chi connectivity index (χ2v) is 2.48. The molecule has 0 aromatic carbocycles. The van der Waals surface area contributed by atoms with Gasteiger partial charge in [-0.2, -0.15) is 0 Å². The van der Waals surface area contributed by atoms with Crippen molar-refractivity contribution in [1.29, 1.82) is 0 Å². The maximum Gasteiger partial charge on any atom is 0.158 e. The Hall–Kier alpha value is -0.630. The molecule has 0 amide bonds. The van der Waals surface area contributed by atoms with Crippen LogP contribution in [0.25, 0.3) is 0 Å². The van der Waals surface area contributed by atoms with E-state index in [1.54, 1.807) is 0 Å². The molecular formula is C9H17NO. The highest BCUT2D eigenvalue weighted by atomic mass is 16.1. The Morgan fingerprint density at radius 2 is 2.18 bits per heavy atom. The molecule has 0 aliphatic rings. The van der Waals surface area contributed by atoms with E-state index in [1.165, 1.54) is 0 Å². The van der Waals surface area contributed by atoms with Gasteiger partial charge in [-0.3, -0.25) is 4.79 Å². The smallest absolute Gasteiger partial charge is 0.158 e. The van der Waals surface area contributed by atoms with Crippen LogP contribution in [-0.4, -0.2) is 12.3 Å². The van der Waals surface area contributed by atoms with Gasteiger partial charge in [-0.1, -0.05) is 13.0 Å². The van der Waals surface area contributed by atoms with Crippen LogP contribution < -0.4 is 5.73 Å². The van der Waals surface area contributed by atoms with Gasteiger partial charge in [0, 0.05) is 6.42 Å². The number of carbonyl (C=O) groups excluding carboxylic acids is 1. The van der Waals surface area contributed by atoms with Crippen molar-refractivity contribution in [3.8, 4) is 0 Å². The van der Waals surface area contributed by atoms with E-state index in [0.29, 0.717) is 13.0 Å². The molecule has 0 heterocycles. The summed E-state index contributed by atoms with van der Waals surface area (Å²) in [6.45, 7) is 4.45. The maximum absolute atomic E-state index is 11.1. The van der Waals surface area contributed by atoms with Gasteiger partial charge in [-0.05, 0) is 31.9 Å². The quantitative estimate of drug-likeness (QED) is 0.613. The van der Waals surface area contributed by atoms with Gasteiger partial charge in [-0.15, -0.1) is 0 Å². The number of hydrogen-bond donors (Lipinski definition) is 1. The van der Waals surface area contributed by atoms with Crippen LogP contribution in [0, 0.1) is 0 Å². The lowest BCUT2D eigenvalue weighted by molar-refractivity contribution is -0.115. The zero-order valence-electron chi connectivity index (χ0n) is 7.39. The van der Waals surface area contributed by atoms with E-state index in [9.17, 15) is 4.79 Å². The largest absolute Gasteiger partial charge is 0.330 e. The number of hydrogen-bond acceptors (Lipinski definition) is 2. The lowest BCUT2D eigenvalue weighted by Crippen LogP contribution is -2.04. The van der Waals surface area contributed by atoms with Crippen LogP contribution in [0.1, 0.15) is 33.1 Å². The topological polar surface area (TPSA) is 43.1 Å². The molecule has 0 saturated heterocycles. The van der Waals surface area contributed by atoms with Gasteiger partial charge in [0.1, 0.15) is 0 Å². The van der Waals surface area contributed by atoms with Crippen molar-refractivity contribution < 1.29 is 4.79 Å². The summed E-state index contributed by atoms with van der Waals surface area (Å²) in [5, 5.41) is 0. The number of Topliss-reactive ketones (excluding diaryl/α,β-unsaturated/α-hetero) is 1. The van der Waals surface area contributed by atoms with Crippen molar-refractivity contribution in [3.63, 3.8) is 0 Å². The normalized spacial score (nSPS) is 11.7. The fourth-order valence-electron chi connectivity index (χ4n) is 0.964. The highest BCUT2D eigenvalue weighted by Gasteiger charge is 2.03. The summed E-state index contributed by atoms with van der Waals surface area (Å²) in [6.07, 6.45) is 4.23. The minimum atomic E-state index is 0.251. The first kappa shape index (κ1) is 10.4. The molecule has 0 fully saturated rings. The van der Waals surface area contributed by atoms with Crippen LogP contribution in [0.2, 0.25) is 0 Å². The molecule has 0 aromatic rings. The van der Waals surface area contributed by atoms with Gasteiger partial charge in [-0.25, -0.2) is 0 Å². The number of carbonyl (C=O) groups is 1. The fourth-order valence-corrected chi connectivity index (χ4v) is 0.964. The van der Waals surface area contributed by atoms with Crippen molar-refractivity contribution in [1.82, 2.24) is 0 Å². The van der Waals surface area contributed by atoms with Crippen molar-refractivity contribution in [2.45, 2.75) is 33.1 Å². The van der Waals surface area contributed by atoms with Crippen LogP contribution >= 0.6 is 0 Å². The van der Waals surface area contributed by atoms with E-state index in [-0.39, 0.29) is 5.78 Å². The molecule has 2 heteroatoms. The number of ketones is 1. The zero-order valence-corrected chi connectivity index (χ0v) is 7.39. The zero-order chi connectivity index (χ0) is 8.69. The highest BCUT2D eigenvalue weighted by Crippen LogP contribution is 2.07. The van der Waals surface area contributed by atoms with E-state index in [0.717, 1.165) is 18.4 Å². The maximum atomic E-state index is 11.1. The molecule has 0 radical (unpaired) electrons. The highest BCUT2D eigenvalue weighted by molar-refractivity contribution is 5.94. The van der Waals surface area contributed by atoms with Crippen LogP contribution in [0.15, 0.2) is 11.6 Å². The third-order valence-electron chi connectivity index (χ3n) is 1.68. The summed E-state index contributed by atoms with van der Waals surface area (Å²) in [4.78, 5) is 11.1. The molecule has 0 aromatic heterocycles. The molecule has 64 valence electrons. The van der Waals surface area contributed by atoms with E-state index in [2.05, 4.69) is 0 Å². The molecule has 0 saturated carbocycles. The van der Waals surface area contributed by atoms with E-state index < -0.39 is 0 Å². The van der Waals surface area contributed by atoms with E-state index >= 15 is 0 Å². The first-order valence-corrected chi connectivity index (χ1v) is 4.14. The van der Waals surface area contributed by atoms with Gasteiger partial charge >= 0.3 is 0 Å². The summed E-state index contributed by atoms with van der Waals surface area (Å²) in [5.41, 5.74) is 6.26. The molecule has 0 unspecified atom stereocenters.